The number of methoxy groups -OCH3 is 2. The molecule has 0 bridgehead atoms. The predicted octanol–water partition coefficient (Wildman–Crippen LogP) is 1.50. The summed E-state index contributed by atoms with van der Waals surface area (Å²) in [6, 6.07) is 8.09. The van der Waals surface area contributed by atoms with Gasteiger partial charge >= 0.3 is 0 Å². The van der Waals surface area contributed by atoms with Crippen molar-refractivity contribution in [3.05, 3.63) is 29.8 Å². The zero-order valence-electron chi connectivity index (χ0n) is 12.4. The first-order chi connectivity index (χ1) is 9.67. The van der Waals surface area contributed by atoms with Gasteiger partial charge in [-0.3, -0.25) is 4.79 Å². The van der Waals surface area contributed by atoms with E-state index in [9.17, 15) is 4.79 Å². The maximum absolute atomic E-state index is 11.5. The molecule has 2 N–H and O–H groups in total. The quantitative estimate of drug-likeness (QED) is 0.673. The van der Waals surface area contributed by atoms with Crippen molar-refractivity contribution in [2.75, 3.05) is 33.9 Å². The summed E-state index contributed by atoms with van der Waals surface area (Å²) in [7, 11) is 3.27. The molecule has 20 heavy (non-hydrogen) atoms. The fourth-order valence-electron chi connectivity index (χ4n) is 1.81. The average molecular weight is 280 g/mol. The molecule has 0 heterocycles. The molecule has 0 aliphatic heterocycles. The highest BCUT2D eigenvalue weighted by atomic mass is 16.5. The summed E-state index contributed by atoms with van der Waals surface area (Å²) in [5, 5.41) is 6.12. The summed E-state index contributed by atoms with van der Waals surface area (Å²) in [5.74, 6) is 0.876. The number of nitrogens with one attached hydrogen (secondary N) is 2. The minimum atomic E-state index is 0.0346. The standard InChI is InChI=1S/C15H24N2O3/c1-12(13-5-4-6-14(11-13)20-3)16-8-7-15(18)17-9-10-19-2/h4-6,11-12,16H,7-10H2,1-3H3,(H,17,18). The average Bonchev–Trinajstić information content (AvgIpc) is 2.47. The number of amides is 1. The van der Waals surface area contributed by atoms with E-state index in [1.54, 1.807) is 14.2 Å². The van der Waals surface area contributed by atoms with Crippen LogP contribution in [0.2, 0.25) is 0 Å². The van der Waals surface area contributed by atoms with Crippen molar-refractivity contribution in [1.82, 2.24) is 10.6 Å². The van der Waals surface area contributed by atoms with E-state index in [0.29, 0.717) is 26.1 Å². The summed E-state index contributed by atoms with van der Waals surface area (Å²) < 4.78 is 10.1. The van der Waals surface area contributed by atoms with Crippen LogP contribution < -0.4 is 15.4 Å². The molecule has 1 atom stereocenters. The normalized spacial score (nSPS) is 11.9. The van der Waals surface area contributed by atoms with E-state index < -0.39 is 0 Å². The number of hydrogen-bond acceptors (Lipinski definition) is 4. The highest BCUT2D eigenvalue weighted by Crippen LogP contribution is 2.18. The zero-order chi connectivity index (χ0) is 14.8. The smallest absolute Gasteiger partial charge is 0.221 e. The third-order valence-electron chi connectivity index (χ3n) is 3.02. The molecule has 1 aromatic rings. The summed E-state index contributed by atoms with van der Waals surface area (Å²) >= 11 is 0. The Bertz CT molecular complexity index is 410. The summed E-state index contributed by atoms with van der Waals surface area (Å²) in [6.07, 6.45) is 0.456. The Balaban J connectivity index is 2.28. The summed E-state index contributed by atoms with van der Waals surface area (Å²) in [6.45, 7) is 3.80. The molecular weight excluding hydrogens is 256 g/mol. The lowest BCUT2D eigenvalue weighted by Crippen LogP contribution is -2.30. The van der Waals surface area contributed by atoms with E-state index in [1.807, 2.05) is 24.3 Å². The molecule has 5 heteroatoms. The fourth-order valence-corrected chi connectivity index (χ4v) is 1.81. The van der Waals surface area contributed by atoms with Crippen LogP contribution >= 0.6 is 0 Å². The van der Waals surface area contributed by atoms with E-state index in [0.717, 1.165) is 11.3 Å². The van der Waals surface area contributed by atoms with Gasteiger partial charge in [-0.15, -0.1) is 0 Å². The minimum Gasteiger partial charge on any atom is -0.497 e. The molecule has 0 saturated heterocycles. The van der Waals surface area contributed by atoms with Crippen molar-refractivity contribution in [3.8, 4) is 5.75 Å². The van der Waals surface area contributed by atoms with E-state index in [-0.39, 0.29) is 11.9 Å². The molecule has 0 aliphatic carbocycles. The van der Waals surface area contributed by atoms with Crippen molar-refractivity contribution in [2.45, 2.75) is 19.4 Å². The Morgan fingerprint density at radius 2 is 2.10 bits per heavy atom. The predicted molar refractivity (Wildman–Crippen MR) is 78.9 cm³/mol. The lowest BCUT2D eigenvalue weighted by Gasteiger charge is -2.15. The minimum absolute atomic E-state index is 0.0346. The number of ether oxygens (including phenoxy) is 2. The van der Waals surface area contributed by atoms with Crippen LogP contribution in [0.15, 0.2) is 24.3 Å². The van der Waals surface area contributed by atoms with Gasteiger partial charge in [-0.05, 0) is 24.6 Å². The Kier molecular flexibility index (Phi) is 7.69. The molecule has 0 aliphatic rings. The Labute approximate surface area is 120 Å². The molecule has 1 aromatic carbocycles. The fraction of sp³-hybridized carbons (Fsp3) is 0.533. The van der Waals surface area contributed by atoms with Crippen LogP contribution in [-0.2, 0) is 9.53 Å². The Morgan fingerprint density at radius 1 is 1.30 bits per heavy atom. The van der Waals surface area contributed by atoms with Crippen LogP contribution in [-0.4, -0.2) is 39.8 Å². The Morgan fingerprint density at radius 3 is 2.80 bits per heavy atom. The van der Waals surface area contributed by atoms with Crippen molar-refractivity contribution in [2.24, 2.45) is 0 Å². The van der Waals surface area contributed by atoms with E-state index in [4.69, 9.17) is 9.47 Å². The zero-order valence-corrected chi connectivity index (χ0v) is 12.4. The molecule has 0 saturated carbocycles. The van der Waals surface area contributed by atoms with Crippen molar-refractivity contribution < 1.29 is 14.3 Å². The molecule has 5 nitrogen and oxygen atoms in total. The first kappa shape index (κ1) is 16.5. The van der Waals surface area contributed by atoms with Gasteiger partial charge in [0, 0.05) is 32.7 Å². The van der Waals surface area contributed by atoms with Crippen LogP contribution in [0.5, 0.6) is 5.75 Å². The second kappa shape index (κ2) is 9.34. The van der Waals surface area contributed by atoms with E-state index in [2.05, 4.69) is 17.6 Å². The van der Waals surface area contributed by atoms with Crippen molar-refractivity contribution in [3.63, 3.8) is 0 Å². The number of carbonyl (C=O) groups is 1. The van der Waals surface area contributed by atoms with Crippen LogP contribution in [0.25, 0.3) is 0 Å². The van der Waals surface area contributed by atoms with Crippen molar-refractivity contribution in [1.29, 1.82) is 0 Å². The third-order valence-corrected chi connectivity index (χ3v) is 3.02. The van der Waals surface area contributed by atoms with Gasteiger partial charge in [-0.2, -0.15) is 0 Å². The molecular formula is C15H24N2O3. The molecule has 0 radical (unpaired) electrons. The maximum Gasteiger partial charge on any atom is 0.221 e. The van der Waals surface area contributed by atoms with Crippen LogP contribution in [0, 0.1) is 0 Å². The lowest BCUT2D eigenvalue weighted by molar-refractivity contribution is -0.121. The second-order valence-electron chi connectivity index (χ2n) is 4.55. The maximum atomic E-state index is 11.5. The highest BCUT2D eigenvalue weighted by Gasteiger charge is 2.07. The van der Waals surface area contributed by atoms with Gasteiger partial charge < -0.3 is 20.1 Å². The molecule has 1 rings (SSSR count). The molecule has 0 fully saturated rings. The molecule has 0 aromatic heterocycles. The van der Waals surface area contributed by atoms with Gasteiger partial charge in [-0.25, -0.2) is 0 Å². The van der Waals surface area contributed by atoms with Crippen LogP contribution in [0.4, 0.5) is 0 Å². The van der Waals surface area contributed by atoms with Gasteiger partial charge in [0.1, 0.15) is 5.75 Å². The third kappa shape index (κ3) is 6.04. The first-order valence-electron chi connectivity index (χ1n) is 6.80. The van der Waals surface area contributed by atoms with Crippen LogP contribution in [0.1, 0.15) is 24.9 Å². The number of rotatable bonds is 9. The molecule has 0 spiro atoms. The van der Waals surface area contributed by atoms with Gasteiger partial charge in [0.15, 0.2) is 0 Å². The van der Waals surface area contributed by atoms with E-state index in [1.165, 1.54) is 0 Å². The highest BCUT2D eigenvalue weighted by molar-refractivity contribution is 5.76. The van der Waals surface area contributed by atoms with Gasteiger partial charge in [0.25, 0.3) is 0 Å². The molecule has 112 valence electrons. The summed E-state index contributed by atoms with van der Waals surface area (Å²) in [4.78, 5) is 11.5. The number of benzene rings is 1. The van der Waals surface area contributed by atoms with Gasteiger partial charge in [0.2, 0.25) is 5.91 Å². The molecule has 1 unspecified atom stereocenters. The van der Waals surface area contributed by atoms with Gasteiger partial charge in [0.05, 0.1) is 13.7 Å². The molecule has 1 amide bonds. The number of carbonyl (C=O) groups excluding carboxylic acids is 1. The van der Waals surface area contributed by atoms with Gasteiger partial charge in [-0.1, -0.05) is 12.1 Å². The van der Waals surface area contributed by atoms with Crippen molar-refractivity contribution >= 4 is 5.91 Å². The second-order valence-corrected chi connectivity index (χ2v) is 4.55. The topological polar surface area (TPSA) is 59.6 Å². The largest absolute Gasteiger partial charge is 0.497 e. The van der Waals surface area contributed by atoms with E-state index >= 15 is 0 Å². The van der Waals surface area contributed by atoms with Crippen LogP contribution in [0.3, 0.4) is 0 Å². The SMILES string of the molecule is COCCNC(=O)CCNC(C)c1cccc(OC)c1. The summed E-state index contributed by atoms with van der Waals surface area (Å²) in [5.41, 5.74) is 1.14. The number of hydrogen-bond donors (Lipinski definition) is 2. The first-order valence-corrected chi connectivity index (χ1v) is 6.80. The lowest BCUT2D eigenvalue weighted by atomic mass is 10.1. The Hall–Kier alpha value is -1.59. The monoisotopic (exact) mass is 280 g/mol.